The summed E-state index contributed by atoms with van der Waals surface area (Å²) in [5.41, 5.74) is 2.26. The average Bonchev–Trinajstić information content (AvgIpc) is 3.50. The maximum absolute atomic E-state index is 12.9. The fraction of sp³-hybridized carbons (Fsp3) is 0.409. The second kappa shape index (κ2) is 8.19. The number of aromatic nitrogens is 2. The van der Waals surface area contributed by atoms with Crippen LogP contribution in [-0.4, -0.2) is 56.9 Å². The van der Waals surface area contributed by atoms with Crippen molar-refractivity contribution in [2.75, 3.05) is 11.9 Å². The van der Waals surface area contributed by atoms with Crippen molar-refractivity contribution in [2.24, 2.45) is 0 Å². The maximum atomic E-state index is 12.9. The number of benzene rings is 1. The molecule has 2 fully saturated rings. The summed E-state index contributed by atoms with van der Waals surface area (Å²) in [7, 11) is 0. The summed E-state index contributed by atoms with van der Waals surface area (Å²) in [6, 6.07) is 4.59. The monoisotopic (exact) mass is 436 g/mol. The van der Waals surface area contributed by atoms with Crippen LogP contribution in [0.25, 0.3) is 0 Å². The molecule has 2 aromatic rings. The zero-order chi connectivity index (χ0) is 22.2. The maximum Gasteiger partial charge on any atom is 0.262 e. The predicted molar refractivity (Wildman–Crippen MR) is 114 cm³/mol. The van der Waals surface area contributed by atoms with Crippen LogP contribution in [-0.2, 0) is 22.7 Å². The molecule has 10 heteroatoms. The van der Waals surface area contributed by atoms with Gasteiger partial charge in [-0.15, -0.1) is 0 Å². The fourth-order valence-electron chi connectivity index (χ4n) is 4.53. The molecule has 2 atom stereocenters. The van der Waals surface area contributed by atoms with E-state index in [0.717, 1.165) is 35.7 Å². The SMILES string of the molecule is O=C1CCC(N2C(=O)c3ccc(CNc4cnn(CC5CCCN5)c4)cc3C2=O)C(=O)N1. The number of hydrogen-bond acceptors (Lipinski definition) is 7. The Kier molecular flexibility index (Phi) is 5.22. The van der Waals surface area contributed by atoms with Gasteiger partial charge in [0.05, 0.1) is 29.6 Å². The van der Waals surface area contributed by atoms with Gasteiger partial charge in [0, 0.05) is 25.2 Å². The van der Waals surface area contributed by atoms with Crippen molar-refractivity contribution in [3.05, 3.63) is 47.3 Å². The number of anilines is 1. The molecule has 4 amide bonds. The van der Waals surface area contributed by atoms with Crippen molar-refractivity contribution in [3.8, 4) is 0 Å². The van der Waals surface area contributed by atoms with Crippen molar-refractivity contribution in [2.45, 2.75) is 50.9 Å². The first-order chi connectivity index (χ1) is 15.5. The molecule has 4 heterocycles. The standard InChI is InChI=1S/C22H24N6O4/c29-19-6-5-18(20(30)26-19)28-21(31)16-4-3-13(8-17(16)22(28)32)9-24-15-10-25-27(12-15)11-14-2-1-7-23-14/h3-4,8,10,12,14,18,23-24H,1-2,5-7,9,11H2,(H,26,29,30). The molecule has 10 nitrogen and oxygen atoms in total. The highest BCUT2D eigenvalue weighted by molar-refractivity contribution is 6.23. The summed E-state index contributed by atoms with van der Waals surface area (Å²) in [6.07, 6.45) is 6.31. The van der Waals surface area contributed by atoms with Crippen molar-refractivity contribution in [1.82, 2.24) is 25.3 Å². The molecule has 0 spiro atoms. The zero-order valence-corrected chi connectivity index (χ0v) is 17.5. The smallest absolute Gasteiger partial charge is 0.262 e. The number of nitrogens with one attached hydrogen (secondary N) is 3. The van der Waals surface area contributed by atoms with E-state index in [-0.39, 0.29) is 29.9 Å². The van der Waals surface area contributed by atoms with Crippen molar-refractivity contribution in [1.29, 1.82) is 0 Å². The van der Waals surface area contributed by atoms with Gasteiger partial charge in [0.25, 0.3) is 11.8 Å². The van der Waals surface area contributed by atoms with Crippen LogP contribution in [0.15, 0.2) is 30.6 Å². The molecule has 0 bridgehead atoms. The first-order valence-corrected chi connectivity index (χ1v) is 10.8. The minimum atomic E-state index is -0.957. The van der Waals surface area contributed by atoms with Crippen LogP contribution in [0.3, 0.4) is 0 Å². The molecular formula is C22H24N6O4. The summed E-state index contributed by atoms with van der Waals surface area (Å²) >= 11 is 0. The summed E-state index contributed by atoms with van der Waals surface area (Å²) in [5, 5.41) is 13.3. The first kappa shape index (κ1) is 20.4. The van der Waals surface area contributed by atoms with Crippen molar-refractivity contribution >= 4 is 29.3 Å². The van der Waals surface area contributed by atoms with E-state index in [1.165, 1.54) is 6.42 Å². The third-order valence-electron chi connectivity index (χ3n) is 6.20. The van der Waals surface area contributed by atoms with E-state index in [1.807, 2.05) is 10.9 Å². The molecule has 3 aliphatic heterocycles. The Balaban J connectivity index is 1.25. The molecule has 0 saturated carbocycles. The molecule has 2 saturated heterocycles. The molecule has 1 aromatic heterocycles. The molecule has 5 rings (SSSR count). The third kappa shape index (κ3) is 3.77. The lowest BCUT2D eigenvalue weighted by Crippen LogP contribution is -2.54. The number of piperidine rings is 1. The molecule has 3 aliphatic rings. The average molecular weight is 436 g/mol. The molecular weight excluding hydrogens is 412 g/mol. The highest BCUT2D eigenvalue weighted by Crippen LogP contribution is 2.28. The van der Waals surface area contributed by atoms with Gasteiger partial charge in [-0.3, -0.25) is 34.1 Å². The van der Waals surface area contributed by atoms with Crippen LogP contribution in [0, 0.1) is 0 Å². The normalized spacial score (nSPS) is 22.9. The summed E-state index contributed by atoms with van der Waals surface area (Å²) in [4.78, 5) is 50.3. The lowest BCUT2D eigenvalue weighted by atomic mass is 10.0. The van der Waals surface area contributed by atoms with Crippen LogP contribution >= 0.6 is 0 Å². The Morgan fingerprint density at radius 3 is 2.72 bits per heavy atom. The van der Waals surface area contributed by atoms with Crippen LogP contribution in [0.2, 0.25) is 0 Å². The Labute approximate surface area is 184 Å². The summed E-state index contributed by atoms with van der Waals surface area (Å²) in [6.45, 7) is 2.34. The Morgan fingerprint density at radius 2 is 1.94 bits per heavy atom. The number of amides is 4. The van der Waals surface area contributed by atoms with Gasteiger partial charge in [0.1, 0.15) is 6.04 Å². The molecule has 1 aromatic carbocycles. The molecule has 3 N–H and O–H groups in total. The topological polar surface area (TPSA) is 125 Å². The van der Waals surface area contributed by atoms with Gasteiger partial charge < -0.3 is 10.6 Å². The highest BCUT2D eigenvalue weighted by atomic mass is 16.2. The fourth-order valence-corrected chi connectivity index (χ4v) is 4.53. The second-order valence-electron chi connectivity index (χ2n) is 8.43. The van der Waals surface area contributed by atoms with E-state index in [1.54, 1.807) is 24.4 Å². The number of carbonyl (C=O) groups excluding carboxylic acids is 4. The molecule has 166 valence electrons. The number of hydrogen-bond donors (Lipinski definition) is 3. The van der Waals surface area contributed by atoms with Gasteiger partial charge in [-0.2, -0.15) is 5.10 Å². The second-order valence-corrected chi connectivity index (χ2v) is 8.43. The predicted octanol–water partition coefficient (Wildman–Crippen LogP) is 0.648. The number of fused-ring (bicyclic) bond motifs is 1. The minimum Gasteiger partial charge on any atom is -0.378 e. The zero-order valence-electron chi connectivity index (χ0n) is 17.5. The van der Waals surface area contributed by atoms with E-state index < -0.39 is 23.8 Å². The van der Waals surface area contributed by atoms with Crippen LogP contribution < -0.4 is 16.0 Å². The molecule has 0 aliphatic carbocycles. The van der Waals surface area contributed by atoms with Crippen molar-refractivity contribution in [3.63, 3.8) is 0 Å². The van der Waals surface area contributed by atoms with Crippen molar-refractivity contribution < 1.29 is 19.2 Å². The van der Waals surface area contributed by atoms with Gasteiger partial charge in [0.15, 0.2) is 0 Å². The molecule has 0 radical (unpaired) electrons. The van der Waals surface area contributed by atoms with Crippen LogP contribution in [0.5, 0.6) is 0 Å². The summed E-state index contributed by atoms with van der Waals surface area (Å²) in [5.74, 6) is -2.00. The number of carbonyl (C=O) groups is 4. The molecule has 2 unspecified atom stereocenters. The van der Waals surface area contributed by atoms with E-state index in [0.29, 0.717) is 12.6 Å². The quantitative estimate of drug-likeness (QED) is 0.568. The number of imide groups is 2. The lowest BCUT2D eigenvalue weighted by molar-refractivity contribution is -0.136. The lowest BCUT2D eigenvalue weighted by Gasteiger charge is -2.27. The highest BCUT2D eigenvalue weighted by Gasteiger charge is 2.44. The van der Waals surface area contributed by atoms with E-state index in [2.05, 4.69) is 21.0 Å². The largest absolute Gasteiger partial charge is 0.378 e. The van der Waals surface area contributed by atoms with E-state index in [4.69, 9.17) is 0 Å². The minimum absolute atomic E-state index is 0.101. The van der Waals surface area contributed by atoms with E-state index >= 15 is 0 Å². The van der Waals surface area contributed by atoms with Gasteiger partial charge in [-0.25, -0.2) is 0 Å². The van der Waals surface area contributed by atoms with Crippen LogP contribution in [0.1, 0.15) is 52.0 Å². The third-order valence-corrected chi connectivity index (χ3v) is 6.20. The molecule has 32 heavy (non-hydrogen) atoms. The summed E-state index contributed by atoms with van der Waals surface area (Å²) < 4.78 is 1.91. The van der Waals surface area contributed by atoms with Crippen LogP contribution in [0.4, 0.5) is 5.69 Å². The Hall–Kier alpha value is -3.53. The Bertz CT molecular complexity index is 1100. The number of rotatable bonds is 6. The van der Waals surface area contributed by atoms with Gasteiger partial charge in [0.2, 0.25) is 11.8 Å². The number of nitrogens with zero attached hydrogens (tertiary/aromatic N) is 3. The van der Waals surface area contributed by atoms with Gasteiger partial charge >= 0.3 is 0 Å². The van der Waals surface area contributed by atoms with Gasteiger partial charge in [-0.05, 0) is 43.5 Å². The van der Waals surface area contributed by atoms with Gasteiger partial charge in [-0.1, -0.05) is 6.07 Å². The van der Waals surface area contributed by atoms with E-state index in [9.17, 15) is 19.2 Å². The first-order valence-electron chi connectivity index (χ1n) is 10.8. The Morgan fingerprint density at radius 1 is 1.09 bits per heavy atom.